The Labute approximate surface area is 137 Å². The van der Waals surface area contributed by atoms with Crippen molar-refractivity contribution in [3.63, 3.8) is 0 Å². The lowest BCUT2D eigenvalue weighted by molar-refractivity contribution is 0.374. The van der Waals surface area contributed by atoms with E-state index >= 15 is 0 Å². The fraction of sp³-hybridized carbons (Fsp3) is 0.294. The third kappa shape index (κ3) is 2.94. The number of aryl methyl sites for hydroxylation is 1. The Bertz CT molecular complexity index is 618. The minimum Gasteiger partial charge on any atom is -0.381 e. The Morgan fingerprint density at radius 2 is 1.80 bits per heavy atom. The second-order valence-corrected chi connectivity index (χ2v) is 7.21. The molecule has 104 valence electrons. The van der Waals surface area contributed by atoms with Crippen molar-refractivity contribution in [2.45, 2.75) is 31.7 Å². The van der Waals surface area contributed by atoms with Crippen LogP contribution in [0.3, 0.4) is 0 Å². The van der Waals surface area contributed by atoms with Gasteiger partial charge in [-0.05, 0) is 70.9 Å². The highest BCUT2D eigenvalue weighted by Crippen LogP contribution is 2.40. The first kappa shape index (κ1) is 14.2. The molecule has 0 aromatic heterocycles. The van der Waals surface area contributed by atoms with Crippen molar-refractivity contribution in [3.8, 4) is 0 Å². The molecule has 3 heteroatoms. The zero-order valence-corrected chi connectivity index (χ0v) is 14.5. The Morgan fingerprint density at radius 3 is 2.55 bits per heavy atom. The SMILES string of the molecule is Cc1cccc(NC2CC(c3cccc(Br)c3)C2)c1Br. The maximum Gasteiger partial charge on any atom is 0.0489 e. The second kappa shape index (κ2) is 5.90. The largest absolute Gasteiger partial charge is 0.381 e. The van der Waals surface area contributed by atoms with Gasteiger partial charge in [-0.25, -0.2) is 0 Å². The van der Waals surface area contributed by atoms with Crippen molar-refractivity contribution < 1.29 is 0 Å². The molecule has 0 amide bonds. The van der Waals surface area contributed by atoms with Crippen molar-refractivity contribution in [1.82, 2.24) is 0 Å². The summed E-state index contributed by atoms with van der Waals surface area (Å²) in [5.74, 6) is 0.689. The van der Waals surface area contributed by atoms with Crippen LogP contribution in [0.25, 0.3) is 0 Å². The number of benzene rings is 2. The standard InChI is InChI=1S/C17H17Br2N/c1-11-4-2-7-16(17(11)19)20-15-9-13(10-15)12-5-3-6-14(18)8-12/h2-8,13,15,20H,9-10H2,1H3. The van der Waals surface area contributed by atoms with Crippen LogP contribution >= 0.6 is 31.9 Å². The number of hydrogen-bond donors (Lipinski definition) is 1. The molecule has 1 aliphatic rings. The van der Waals surface area contributed by atoms with Crippen molar-refractivity contribution in [1.29, 1.82) is 0 Å². The van der Waals surface area contributed by atoms with Crippen molar-refractivity contribution in [3.05, 3.63) is 62.5 Å². The smallest absolute Gasteiger partial charge is 0.0489 e. The van der Waals surface area contributed by atoms with Gasteiger partial charge in [-0.15, -0.1) is 0 Å². The van der Waals surface area contributed by atoms with Crippen molar-refractivity contribution >= 4 is 37.5 Å². The molecule has 0 heterocycles. The van der Waals surface area contributed by atoms with Gasteiger partial charge >= 0.3 is 0 Å². The molecular formula is C17H17Br2N. The molecule has 0 bridgehead atoms. The van der Waals surface area contributed by atoms with Gasteiger partial charge in [0.25, 0.3) is 0 Å². The van der Waals surface area contributed by atoms with Crippen LogP contribution in [0.15, 0.2) is 51.4 Å². The third-order valence-electron chi connectivity index (χ3n) is 4.01. The van der Waals surface area contributed by atoms with Gasteiger partial charge in [0.05, 0.1) is 0 Å². The number of rotatable bonds is 3. The van der Waals surface area contributed by atoms with E-state index in [1.807, 2.05) is 0 Å². The molecule has 0 atom stereocenters. The highest BCUT2D eigenvalue weighted by atomic mass is 79.9. The van der Waals surface area contributed by atoms with E-state index in [1.165, 1.54) is 38.6 Å². The van der Waals surface area contributed by atoms with Gasteiger partial charge in [0.2, 0.25) is 0 Å². The van der Waals surface area contributed by atoms with Crippen LogP contribution in [0.2, 0.25) is 0 Å². The first-order chi connectivity index (χ1) is 9.63. The minimum absolute atomic E-state index is 0.581. The number of nitrogens with one attached hydrogen (secondary N) is 1. The quantitative estimate of drug-likeness (QED) is 0.685. The van der Waals surface area contributed by atoms with Gasteiger partial charge in [-0.3, -0.25) is 0 Å². The Hall–Kier alpha value is -0.800. The van der Waals surface area contributed by atoms with Gasteiger partial charge in [0.1, 0.15) is 0 Å². The lowest BCUT2D eigenvalue weighted by atomic mass is 9.76. The fourth-order valence-electron chi connectivity index (χ4n) is 2.75. The van der Waals surface area contributed by atoms with E-state index in [-0.39, 0.29) is 0 Å². The molecule has 2 aromatic carbocycles. The molecule has 20 heavy (non-hydrogen) atoms. The first-order valence-electron chi connectivity index (χ1n) is 6.90. The summed E-state index contributed by atoms with van der Waals surface area (Å²) in [5.41, 5.74) is 3.93. The van der Waals surface area contributed by atoms with E-state index in [0.717, 1.165) is 0 Å². The van der Waals surface area contributed by atoms with E-state index in [4.69, 9.17) is 0 Å². The summed E-state index contributed by atoms with van der Waals surface area (Å²) in [4.78, 5) is 0. The van der Waals surface area contributed by atoms with Crippen molar-refractivity contribution in [2.75, 3.05) is 5.32 Å². The summed E-state index contributed by atoms with van der Waals surface area (Å²) >= 11 is 7.21. The monoisotopic (exact) mass is 393 g/mol. The highest BCUT2D eigenvalue weighted by molar-refractivity contribution is 9.11. The Morgan fingerprint density at radius 1 is 1.05 bits per heavy atom. The van der Waals surface area contributed by atoms with E-state index < -0.39 is 0 Å². The van der Waals surface area contributed by atoms with E-state index in [0.29, 0.717) is 12.0 Å². The molecule has 2 aromatic rings. The summed E-state index contributed by atoms with van der Waals surface area (Å²) in [6.07, 6.45) is 2.41. The van der Waals surface area contributed by atoms with Crippen LogP contribution in [-0.2, 0) is 0 Å². The Balaban J connectivity index is 1.62. The maximum atomic E-state index is 3.66. The van der Waals surface area contributed by atoms with Crippen LogP contribution in [0.4, 0.5) is 5.69 Å². The molecule has 1 nitrogen and oxygen atoms in total. The van der Waals surface area contributed by atoms with Crippen LogP contribution in [0.1, 0.15) is 29.9 Å². The fourth-order valence-corrected chi connectivity index (χ4v) is 3.54. The van der Waals surface area contributed by atoms with Crippen LogP contribution in [0, 0.1) is 6.92 Å². The molecule has 0 spiro atoms. The summed E-state index contributed by atoms with van der Waals surface area (Å²) in [6, 6.07) is 15.6. The number of hydrogen-bond acceptors (Lipinski definition) is 1. The number of halogens is 2. The van der Waals surface area contributed by atoms with E-state index in [1.54, 1.807) is 0 Å². The zero-order chi connectivity index (χ0) is 14.1. The van der Waals surface area contributed by atoms with Crippen molar-refractivity contribution in [2.24, 2.45) is 0 Å². The highest BCUT2D eigenvalue weighted by Gasteiger charge is 2.30. The lowest BCUT2D eigenvalue weighted by Crippen LogP contribution is -2.34. The maximum absolute atomic E-state index is 3.66. The summed E-state index contributed by atoms with van der Waals surface area (Å²) in [5, 5.41) is 3.64. The van der Waals surface area contributed by atoms with Gasteiger partial charge in [0.15, 0.2) is 0 Å². The molecule has 1 N–H and O–H groups in total. The second-order valence-electron chi connectivity index (χ2n) is 5.50. The predicted molar refractivity (Wildman–Crippen MR) is 92.4 cm³/mol. The molecule has 0 unspecified atom stereocenters. The Kier molecular flexibility index (Phi) is 4.18. The van der Waals surface area contributed by atoms with Crippen LogP contribution in [-0.4, -0.2) is 6.04 Å². The van der Waals surface area contributed by atoms with Crippen LogP contribution in [0.5, 0.6) is 0 Å². The minimum atomic E-state index is 0.581. The van der Waals surface area contributed by atoms with Crippen LogP contribution < -0.4 is 5.32 Å². The summed E-state index contributed by atoms with van der Waals surface area (Å²) in [6.45, 7) is 2.13. The average molecular weight is 395 g/mol. The van der Waals surface area contributed by atoms with Gasteiger partial charge in [0, 0.05) is 20.7 Å². The summed E-state index contributed by atoms with van der Waals surface area (Å²) in [7, 11) is 0. The third-order valence-corrected chi connectivity index (χ3v) is 5.56. The predicted octanol–water partition coefficient (Wildman–Crippen LogP) is 5.88. The molecule has 0 radical (unpaired) electrons. The van der Waals surface area contributed by atoms with Gasteiger partial charge in [-0.2, -0.15) is 0 Å². The molecule has 3 rings (SSSR count). The topological polar surface area (TPSA) is 12.0 Å². The first-order valence-corrected chi connectivity index (χ1v) is 8.49. The molecule has 0 aliphatic heterocycles. The molecule has 0 saturated heterocycles. The van der Waals surface area contributed by atoms with Gasteiger partial charge < -0.3 is 5.32 Å². The zero-order valence-electron chi connectivity index (χ0n) is 11.4. The summed E-state index contributed by atoms with van der Waals surface area (Å²) < 4.78 is 2.36. The molecule has 1 fully saturated rings. The lowest BCUT2D eigenvalue weighted by Gasteiger charge is -2.37. The van der Waals surface area contributed by atoms with E-state index in [9.17, 15) is 0 Å². The van der Waals surface area contributed by atoms with E-state index in [2.05, 4.69) is 86.6 Å². The molecule has 1 saturated carbocycles. The van der Waals surface area contributed by atoms with Gasteiger partial charge in [-0.1, -0.05) is 40.2 Å². The number of anilines is 1. The normalized spacial score (nSPS) is 21.4. The molecular weight excluding hydrogens is 378 g/mol. The average Bonchev–Trinajstić information content (AvgIpc) is 2.38. The molecule has 1 aliphatic carbocycles.